The van der Waals surface area contributed by atoms with E-state index in [1.807, 2.05) is 0 Å². The maximum absolute atomic E-state index is 13.9. The van der Waals surface area contributed by atoms with E-state index in [2.05, 4.69) is 5.10 Å². The number of carbonyl (C=O) groups excluding carboxylic acids is 2. The molecule has 1 atom stereocenters. The Labute approximate surface area is 126 Å². The normalized spacial score (nSPS) is 18.3. The van der Waals surface area contributed by atoms with Gasteiger partial charge in [0, 0.05) is 19.0 Å². The van der Waals surface area contributed by atoms with Crippen LogP contribution >= 0.6 is 0 Å². The third-order valence-corrected chi connectivity index (χ3v) is 3.90. The summed E-state index contributed by atoms with van der Waals surface area (Å²) in [6.07, 6.45) is -0.0378. The largest absolute Gasteiger partial charge is 0.384 e. The molecule has 1 aromatic carbocycles. The van der Waals surface area contributed by atoms with E-state index in [9.17, 15) is 14.0 Å². The highest BCUT2D eigenvalue weighted by Gasteiger charge is 2.43. The number of halogens is 1. The van der Waals surface area contributed by atoms with Crippen molar-refractivity contribution in [3.05, 3.63) is 41.3 Å². The van der Waals surface area contributed by atoms with Crippen LogP contribution in [0, 0.1) is 12.7 Å². The molecule has 7 heteroatoms. The van der Waals surface area contributed by atoms with Crippen LogP contribution in [0.15, 0.2) is 24.3 Å². The Morgan fingerprint density at radius 1 is 1.32 bits per heavy atom. The van der Waals surface area contributed by atoms with Crippen LogP contribution in [0.25, 0.3) is 0 Å². The minimum atomic E-state index is -0.721. The van der Waals surface area contributed by atoms with Crippen molar-refractivity contribution in [2.45, 2.75) is 19.3 Å². The predicted molar refractivity (Wildman–Crippen MR) is 78.6 cm³/mol. The van der Waals surface area contributed by atoms with Crippen molar-refractivity contribution in [2.75, 3.05) is 10.6 Å². The van der Waals surface area contributed by atoms with Gasteiger partial charge in [-0.15, -0.1) is 0 Å². The zero-order chi connectivity index (χ0) is 16.0. The number of carbonyl (C=O) groups is 2. The maximum atomic E-state index is 13.9. The van der Waals surface area contributed by atoms with Gasteiger partial charge in [-0.2, -0.15) is 5.10 Å². The molecule has 22 heavy (non-hydrogen) atoms. The van der Waals surface area contributed by atoms with Crippen molar-refractivity contribution in [3.63, 3.8) is 0 Å². The Morgan fingerprint density at radius 3 is 2.59 bits per heavy atom. The summed E-state index contributed by atoms with van der Waals surface area (Å²) in [6, 6.07) is 5.71. The highest BCUT2D eigenvalue weighted by atomic mass is 19.1. The van der Waals surface area contributed by atoms with Crippen LogP contribution in [0.2, 0.25) is 0 Å². The van der Waals surface area contributed by atoms with Gasteiger partial charge in [-0.1, -0.05) is 12.1 Å². The van der Waals surface area contributed by atoms with Crippen LogP contribution in [-0.4, -0.2) is 21.6 Å². The number of para-hydroxylation sites is 1. The lowest BCUT2D eigenvalue weighted by molar-refractivity contribution is -0.121. The number of rotatable bonds is 2. The summed E-state index contributed by atoms with van der Waals surface area (Å²) in [6.45, 7) is 1.73. The molecule has 2 amide bonds. The van der Waals surface area contributed by atoms with Crippen LogP contribution in [-0.2, 0) is 16.6 Å². The molecule has 0 spiro atoms. The van der Waals surface area contributed by atoms with Crippen molar-refractivity contribution in [1.29, 1.82) is 0 Å². The van der Waals surface area contributed by atoms with E-state index in [-0.39, 0.29) is 12.1 Å². The summed E-state index contributed by atoms with van der Waals surface area (Å²) in [7, 11) is 1.67. The van der Waals surface area contributed by atoms with Gasteiger partial charge in [0.25, 0.3) is 0 Å². The first-order chi connectivity index (χ1) is 10.4. The van der Waals surface area contributed by atoms with Gasteiger partial charge in [0.1, 0.15) is 11.6 Å². The Bertz CT molecular complexity index is 784. The SMILES string of the molecule is Cc1nn(C)c(N)c1[C@H]1CC(=O)N(c2ccccc2F)C1=O. The van der Waals surface area contributed by atoms with Crippen molar-refractivity contribution in [3.8, 4) is 0 Å². The fourth-order valence-electron chi connectivity index (χ4n) is 2.87. The third kappa shape index (κ3) is 1.97. The third-order valence-electron chi connectivity index (χ3n) is 3.90. The Kier molecular flexibility index (Phi) is 3.20. The maximum Gasteiger partial charge on any atom is 0.242 e. The van der Waals surface area contributed by atoms with Gasteiger partial charge in [-0.3, -0.25) is 14.3 Å². The molecular formula is C15H15FN4O2. The molecule has 1 aromatic heterocycles. The minimum Gasteiger partial charge on any atom is -0.384 e. The van der Waals surface area contributed by atoms with Gasteiger partial charge >= 0.3 is 0 Å². The van der Waals surface area contributed by atoms with Gasteiger partial charge in [0.05, 0.1) is 17.3 Å². The smallest absolute Gasteiger partial charge is 0.242 e. The zero-order valence-electron chi connectivity index (χ0n) is 12.2. The zero-order valence-corrected chi connectivity index (χ0v) is 12.2. The average Bonchev–Trinajstić information content (AvgIpc) is 2.88. The highest BCUT2D eigenvalue weighted by molar-refractivity contribution is 6.23. The molecule has 3 rings (SSSR count). The molecule has 0 saturated carbocycles. The number of nitrogen functional groups attached to an aromatic ring is 1. The minimum absolute atomic E-state index is 0.0277. The van der Waals surface area contributed by atoms with Gasteiger partial charge in [-0.05, 0) is 19.1 Å². The fourth-order valence-corrected chi connectivity index (χ4v) is 2.87. The molecule has 1 fully saturated rings. The number of benzene rings is 1. The van der Waals surface area contributed by atoms with Crippen LogP contribution in [0.5, 0.6) is 0 Å². The predicted octanol–water partition coefficient (Wildman–Crippen LogP) is 1.50. The summed E-state index contributed by atoms with van der Waals surface area (Å²) in [5.41, 5.74) is 7.06. The lowest BCUT2D eigenvalue weighted by atomic mass is 9.97. The molecule has 0 bridgehead atoms. The van der Waals surface area contributed by atoms with E-state index < -0.39 is 23.5 Å². The van der Waals surface area contributed by atoms with E-state index in [1.54, 1.807) is 20.0 Å². The van der Waals surface area contributed by atoms with Crippen LogP contribution < -0.4 is 10.6 Å². The quantitative estimate of drug-likeness (QED) is 0.852. The topological polar surface area (TPSA) is 81.2 Å². The van der Waals surface area contributed by atoms with E-state index in [0.29, 0.717) is 17.1 Å². The number of aromatic nitrogens is 2. The van der Waals surface area contributed by atoms with Gasteiger partial charge < -0.3 is 5.73 Å². The fraction of sp³-hybridized carbons (Fsp3) is 0.267. The number of hydrogen-bond donors (Lipinski definition) is 1. The monoisotopic (exact) mass is 302 g/mol. The van der Waals surface area contributed by atoms with E-state index in [0.717, 1.165) is 4.90 Å². The summed E-state index contributed by atoms with van der Waals surface area (Å²) in [5.74, 6) is -1.90. The van der Waals surface area contributed by atoms with E-state index >= 15 is 0 Å². The lowest BCUT2D eigenvalue weighted by Crippen LogP contribution is -2.31. The molecule has 114 valence electrons. The Morgan fingerprint density at radius 2 is 2.00 bits per heavy atom. The summed E-state index contributed by atoms with van der Waals surface area (Å²) >= 11 is 0. The molecule has 1 aliphatic rings. The lowest BCUT2D eigenvalue weighted by Gasteiger charge is -2.15. The van der Waals surface area contributed by atoms with Gasteiger partial charge in [-0.25, -0.2) is 9.29 Å². The summed E-state index contributed by atoms with van der Waals surface area (Å²) in [4.78, 5) is 25.7. The second-order valence-corrected chi connectivity index (χ2v) is 5.28. The molecule has 0 unspecified atom stereocenters. The number of imide groups is 1. The number of aryl methyl sites for hydroxylation is 2. The van der Waals surface area contributed by atoms with Crippen LogP contribution in [0.3, 0.4) is 0 Å². The number of amides is 2. The molecule has 6 nitrogen and oxygen atoms in total. The standard InChI is InChI=1S/C15H15FN4O2/c1-8-13(14(17)19(2)18-8)9-7-12(21)20(15(9)22)11-6-4-3-5-10(11)16/h3-6,9H,7,17H2,1-2H3/t9-/m1/s1. The number of nitrogens with zero attached hydrogens (tertiary/aromatic N) is 3. The Balaban J connectivity index is 2.04. The molecule has 0 radical (unpaired) electrons. The second-order valence-electron chi connectivity index (χ2n) is 5.28. The number of anilines is 2. The first kappa shape index (κ1) is 14.2. The van der Waals surface area contributed by atoms with E-state index in [1.165, 1.54) is 22.9 Å². The summed E-state index contributed by atoms with van der Waals surface area (Å²) in [5, 5.41) is 4.17. The van der Waals surface area contributed by atoms with Crippen molar-refractivity contribution in [1.82, 2.24) is 9.78 Å². The van der Waals surface area contributed by atoms with Gasteiger partial charge in [0.2, 0.25) is 11.8 Å². The first-order valence-corrected chi connectivity index (χ1v) is 6.82. The van der Waals surface area contributed by atoms with Crippen LogP contribution in [0.4, 0.5) is 15.9 Å². The van der Waals surface area contributed by atoms with Crippen molar-refractivity contribution in [2.24, 2.45) is 7.05 Å². The van der Waals surface area contributed by atoms with Crippen molar-refractivity contribution >= 4 is 23.3 Å². The summed E-state index contributed by atoms with van der Waals surface area (Å²) < 4.78 is 15.4. The molecule has 1 aliphatic heterocycles. The first-order valence-electron chi connectivity index (χ1n) is 6.82. The second kappa shape index (κ2) is 4.94. The Hall–Kier alpha value is -2.70. The van der Waals surface area contributed by atoms with Gasteiger partial charge in [0.15, 0.2) is 0 Å². The molecule has 2 heterocycles. The number of nitrogens with two attached hydrogens (primary N) is 1. The molecular weight excluding hydrogens is 287 g/mol. The van der Waals surface area contributed by atoms with E-state index in [4.69, 9.17) is 5.73 Å². The highest BCUT2D eigenvalue weighted by Crippen LogP contribution is 2.37. The molecule has 2 N–H and O–H groups in total. The molecule has 0 aliphatic carbocycles. The van der Waals surface area contributed by atoms with Crippen LogP contribution in [0.1, 0.15) is 23.6 Å². The molecule has 1 saturated heterocycles. The van der Waals surface area contributed by atoms with Crippen molar-refractivity contribution < 1.29 is 14.0 Å². The number of hydrogen-bond acceptors (Lipinski definition) is 4. The molecule has 2 aromatic rings. The average molecular weight is 302 g/mol.